The molecule has 0 saturated heterocycles. The van der Waals surface area contributed by atoms with Gasteiger partial charge in [-0.05, 0) is 65.3 Å². The van der Waals surface area contributed by atoms with Crippen molar-refractivity contribution in [2.45, 2.75) is 6.92 Å². The number of halogens is 2. The van der Waals surface area contributed by atoms with Crippen LogP contribution in [0.3, 0.4) is 0 Å². The lowest BCUT2D eigenvalue weighted by Gasteiger charge is -2.14. The van der Waals surface area contributed by atoms with Crippen molar-refractivity contribution in [2.75, 3.05) is 7.11 Å². The Balaban J connectivity index is 2.24. The van der Waals surface area contributed by atoms with Gasteiger partial charge in [0.15, 0.2) is 0 Å². The number of rotatable bonds is 3. The third-order valence-electron chi connectivity index (χ3n) is 3.44. The molecule has 0 aliphatic rings. The van der Waals surface area contributed by atoms with Gasteiger partial charge in [-0.25, -0.2) is 4.98 Å². The van der Waals surface area contributed by atoms with Gasteiger partial charge in [-0.15, -0.1) is 0 Å². The summed E-state index contributed by atoms with van der Waals surface area (Å²) in [5.41, 5.74) is 3.18. The average Bonchev–Trinajstić information content (AvgIpc) is 2.89. The van der Waals surface area contributed by atoms with Gasteiger partial charge in [-0.1, -0.05) is 22.0 Å². The predicted octanol–water partition coefficient (Wildman–Crippen LogP) is 5.38. The molecular formula is C17H14Br2N2O. The molecule has 0 amide bonds. The Kier molecular flexibility index (Phi) is 4.36. The zero-order valence-corrected chi connectivity index (χ0v) is 15.3. The van der Waals surface area contributed by atoms with E-state index in [0.717, 1.165) is 37.6 Å². The van der Waals surface area contributed by atoms with E-state index in [1.54, 1.807) is 7.11 Å². The second-order valence-electron chi connectivity index (χ2n) is 4.86. The van der Waals surface area contributed by atoms with Crippen molar-refractivity contribution in [1.29, 1.82) is 0 Å². The van der Waals surface area contributed by atoms with E-state index in [9.17, 15) is 0 Å². The van der Waals surface area contributed by atoms with Gasteiger partial charge in [-0.2, -0.15) is 0 Å². The second-order valence-corrected chi connectivity index (χ2v) is 6.59. The first-order valence-corrected chi connectivity index (χ1v) is 8.34. The van der Waals surface area contributed by atoms with E-state index < -0.39 is 0 Å². The third kappa shape index (κ3) is 2.83. The number of hydrogen-bond acceptors (Lipinski definition) is 2. The standard InChI is InChI=1S/C17H14Br2N2O/c1-11-6-8-14(13-10-12(18)7-9-15(13)22-2)21(11)17-5-3-4-16(19)20-17/h3-10H,1-2H3. The SMILES string of the molecule is COc1ccc(Br)cc1-c1ccc(C)n1-c1cccc(Br)n1. The van der Waals surface area contributed by atoms with Crippen LogP contribution in [0.5, 0.6) is 5.75 Å². The molecule has 0 bridgehead atoms. The van der Waals surface area contributed by atoms with Crippen LogP contribution in [-0.2, 0) is 0 Å². The van der Waals surface area contributed by atoms with Gasteiger partial charge in [0.25, 0.3) is 0 Å². The number of aryl methyl sites for hydroxylation is 1. The minimum Gasteiger partial charge on any atom is -0.496 e. The van der Waals surface area contributed by atoms with Gasteiger partial charge in [-0.3, -0.25) is 4.57 Å². The molecule has 0 aliphatic heterocycles. The summed E-state index contributed by atoms with van der Waals surface area (Å²) in [6.07, 6.45) is 0. The molecule has 0 fully saturated rings. The highest BCUT2D eigenvalue weighted by Gasteiger charge is 2.15. The molecule has 22 heavy (non-hydrogen) atoms. The largest absolute Gasteiger partial charge is 0.496 e. The Labute approximate surface area is 146 Å². The van der Waals surface area contributed by atoms with Crippen molar-refractivity contribution in [3.8, 4) is 22.8 Å². The molecule has 0 unspecified atom stereocenters. The lowest BCUT2D eigenvalue weighted by atomic mass is 10.1. The van der Waals surface area contributed by atoms with E-state index in [4.69, 9.17) is 4.74 Å². The number of aromatic nitrogens is 2. The zero-order valence-electron chi connectivity index (χ0n) is 12.2. The Morgan fingerprint density at radius 3 is 2.59 bits per heavy atom. The van der Waals surface area contributed by atoms with Crippen LogP contribution in [0.25, 0.3) is 17.1 Å². The van der Waals surface area contributed by atoms with E-state index in [1.165, 1.54) is 0 Å². The molecule has 0 saturated carbocycles. The van der Waals surface area contributed by atoms with E-state index in [2.05, 4.69) is 66.5 Å². The Hall–Kier alpha value is -1.59. The fourth-order valence-corrected chi connectivity index (χ4v) is 3.15. The normalized spacial score (nSPS) is 10.7. The molecule has 0 spiro atoms. The highest BCUT2D eigenvalue weighted by atomic mass is 79.9. The van der Waals surface area contributed by atoms with Crippen LogP contribution < -0.4 is 4.74 Å². The molecular weight excluding hydrogens is 408 g/mol. The number of nitrogens with zero attached hydrogens (tertiary/aromatic N) is 2. The van der Waals surface area contributed by atoms with Crippen molar-refractivity contribution in [3.63, 3.8) is 0 Å². The van der Waals surface area contributed by atoms with Crippen LogP contribution >= 0.6 is 31.9 Å². The minimum atomic E-state index is 0.810. The molecule has 5 heteroatoms. The number of benzene rings is 1. The molecule has 3 nitrogen and oxygen atoms in total. The lowest BCUT2D eigenvalue weighted by molar-refractivity contribution is 0.416. The molecule has 2 heterocycles. The Morgan fingerprint density at radius 1 is 1.05 bits per heavy atom. The fraction of sp³-hybridized carbons (Fsp3) is 0.118. The third-order valence-corrected chi connectivity index (χ3v) is 4.38. The quantitative estimate of drug-likeness (QED) is 0.530. The van der Waals surface area contributed by atoms with Crippen LogP contribution in [0, 0.1) is 6.92 Å². The fourth-order valence-electron chi connectivity index (χ4n) is 2.46. The Bertz CT molecular complexity index is 827. The summed E-state index contributed by atoms with van der Waals surface area (Å²) >= 11 is 6.97. The highest BCUT2D eigenvalue weighted by Crippen LogP contribution is 2.35. The van der Waals surface area contributed by atoms with Gasteiger partial charge in [0.1, 0.15) is 16.2 Å². The first kappa shape index (κ1) is 15.3. The molecule has 0 aliphatic carbocycles. The smallest absolute Gasteiger partial charge is 0.138 e. The first-order valence-electron chi connectivity index (χ1n) is 6.75. The maximum Gasteiger partial charge on any atom is 0.138 e. The van der Waals surface area contributed by atoms with Crippen molar-refractivity contribution >= 4 is 31.9 Å². The number of methoxy groups -OCH3 is 1. The lowest BCUT2D eigenvalue weighted by Crippen LogP contribution is -2.02. The van der Waals surface area contributed by atoms with E-state index in [0.29, 0.717) is 0 Å². The van der Waals surface area contributed by atoms with Gasteiger partial charge in [0, 0.05) is 15.7 Å². The summed E-state index contributed by atoms with van der Waals surface area (Å²) in [5, 5.41) is 0. The van der Waals surface area contributed by atoms with Crippen LogP contribution in [-0.4, -0.2) is 16.7 Å². The summed E-state index contributed by atoms with van der Waals surface area (Å²) < 4.78 is 9.46. The molecule has 3 aromatic rings. The molecule has 1 aromatic carbocycles. The second kappa shape index (κ2) is 6.26. The van der Waals surface area contributed by atoms with Crippen LogP contribution in [0.15, 0.2) is 57.6 Å². The highest BCUT2D eigenvalue weighted by molar-refractivity contribution is 9.10. The minimum absolute atomic E-state index is 0.810. The van der Waals surface area contributed by atoms with Crippen LogP contribution in [0.1, 0.15) is 5.69 Å². The predicted molar refractivity (Wildman–Crippen MR) is 95.7 cm³/mol. The Morgan fingerprint density at radius 2 is 1.86 bits per heavy atom. The summed E-state index contributed by atoms with van der Waals surface area (Å²) in [5.74, 6) is 1.70. The number of pyridine rings is 1. The van der Waals surface area contributed by atoms with Crippen LogP contribution in [0.4, 0.5) is 0 Å². The van der Waals surface area contributed by atoms with Gasteiger partial charge < -0.3 is 4.74 Å². The van der Waals surface area contributed by atoms with E-state index >= 15 is 0 Å². The number of hydrogen-bond donors (Lipinski definition) is 0. The maximum absolute atomic E-state index is 5.51. The topological polar surface area (TPSA) is 27.1 Å². The monoisotopic (exact) mass is 420 g/mol. The molecule has 112 valence electrons. The van der Waals surface area contributed by atoms with Crippen molar-refractivity contribution in [1.82, 2.24) is 9.55 Å². The summed E-state index contributed by atoms with van der Waals surface area (Å²) in [7, 11) is 1.68. The molecule has 0 atom stereocenters. The zero-order chi connectivity index (χ0) is 15.7. The van der Waals surface area contributed by atoms with Gasteiger partial charge in [0.2, 0.25) is 0 Å². The molecule has 2 aromatic heterocycles. The maximum atomic E-state index is 5.51. The summed E-state index contributed by atoms with van der Waals surface area (Å²) in [6.45, 7) is 2.07. The van der Waals surface area contributed by atoms with Crippen molar-refractivity contribution < 1.29 is 4.74 Å². The molecule has 0 radical (unpaired) electrons. The van der Waals surface area contributed by atoms with Crippen LogP contribution in [0.2, 0.25) is 0 Å². The van der Waals surface area contributed by atoms with Crippen molar-refractivity contribution in [3.05, 3.63) is 63.3 Å². The molecule has 3 rings (SSSR count). The summed E-state index contributed by atoms with van der Waals surface area (Å²) in [6, 6.07) is 16.0. The van der Waals surface area contributed by atoms with Gasteiger partial charge >= 0.3 is 0 Å². The van der Waals surface area contributed by atoms with E-state index in [-0.39, 0.29) is 0 Å². The van der Waals surface area contributed by atoms with E-state index in [1.807, 2.05) is 30.3 Å². The molecule has 0 N–H and O–H groups in total. The average molecular weight is 422 g/mol. The number of ether oxygens (including phenoxy) is 1. The summed E-state index contributed by atoms with van der Waals surface area (Å²) in [4.78, 5) is 4.57. The first-order chi connectivity index (χ1) is 10.6. The van der Waals surface area contributed by atoms with Gasteiger partial charge in [0.05, 0.1) is 12.8 Å². The van der Waals surface area contributed by atoms with Crippen molar-refractivity contribution in [2.24, 2.45) is 0 Å².